The lowest BCUT2D eigenvalue weighted by molar-refractivity contribution is -0.144. The highest BCUT2D eigenvalue weighted by molar-refractivity contribution is 5.79. The van der Waals surface area contributed by atoms with Crippen LogP contribution in [0.4, 0.5) is 0 Å². The molecule has 1 N–H and O–H groups in total. The van der Waals surface area contributed by atoms with E-state index in [9.17, 15) is 14.7 Å². The van der Waals surface area contributed by atoms with Crippen LogP contribution < -0.4 is 14.2 Å². The quantitative estimate of drug-likeness (QED) is 0.342. The largest absolute Gasteiger partial charge is 0.493 e. The van der Waals surface area contributed by atoms with E-state index >= 15 is 0 Å². The molecule has 2 saturated heterocycles. The highest BCUT2D eigenvalue weighted by Crippen LogP contribution is 2.47. The van der Waals surface area contributed by atoms with Gasteiger partial charge < -0.3 is 38.6 Å². The number of rotatable bonds is 15. The minimum Gasteiger partial charge on any atom is -0.493 e. The van der Waals surface area contributed by atoms with Crippen LogP contribution in [0.1, 0.15) is 50.5 Å². The van der Waals surface area contributed by atoms with E-state index in [4.69, 9.17) is 23.7 Å². The molecule has 3 aliphatic heterocycles. The summed E-state index contributed by atoms with van der Waals surface area (Å²) in [5, 5.41) is 10.5. The Hall–Kier alpha value is -2.60. The molecule has 0 aliphatic carbocycles. The molecule has 1 unspecified atom stereocenters. The Morgan fingerprint density at radius 2 is 1.82 bits per heavy atom. The van der Waals surface area contributed by atoms with Gasteiger partial charge in [-0.05, 0) is 64.0 Å². The number of nitrogens with zero attached hydrogens (tertiary/aromatic N) is 3. The van der Waals surface area contributed by atoms with Gasteiger partial charge in [0.15, 0.2) is 17.8 Å². The summed E-state index contributed by atoms with van der Waals surface area (Å²) >= 11 is 0. The minimum atomic E-state index is -0.885. The number of aliphatic carboxylic acids is 1. The summed E-state index contributed by atoms with van der Waals surface area (Å²) in [6, 6.07) is 3.34. The maximum atomic E-state index is 13.7. The van der Waals surface area contributed by atoms with Crippen molar-refractivity contribution in [3.05, 3.63) is 17.7 Å². The number of carbonyl (C=O) groups is 2. The number of hydrogen-bond donors (Lipinski definition) is 1. The Kier molecular flexibility index (Phi) is 10.9. The van der Waals surface area contributed by atoms with Crippen LogP contribution in [0.15, 0.2) is 12.1 Å². The number of hydrogen-bond acceptors (Lipinski definition) is 9. The highest BCUT2D eigenvalue weighted by atomic mass is 16.7. The van der Waals surface area contributed by atoms with Crippen molar-refractivity contribution in [1.29, 1.82) is 0 Å². The molecule has 3 atom stereocenters. The zero-order valence-electron chi connectivity index (χ0n) is 24.3. The SMILES string of the molecule is CCCCN(CCCN(C)C)C(=O)CN1C[C@H](c2cc(OC)c3c(c2)OCO3)C(C(=O)O)[C@@H]1CCC1OCCO1. The normalized spacial score (nSPS) is 22.8. The van der Waals surface area contributed by atoms with Gasteiger partial charge in [0.1, 0.15) is 0 Å². The predicted octanol–water partition coefficient (Wildman–Crippen LogP) is 2.63. The lowest BCUT2D eigenvalue weighted by Crippen LogP contribution is -2.45. The first-order chi connectivity index (χ1) is 19.3. The Morgan fingerprint density at radius 1 is 1.07 bits per heavy atom. The molecule has 0 aromatic heterocycles. The molecular weight excluding hydrogens is 518 g/mol. The number of benzene rings is 1. The van der Waals surface area contributed by atoms with Gasteiger partial charge in [0.2, 0.25) is 18.4 Å². The van der Waals surface area contributed by atoms with Crippen molar-refractivity contribution >= 4 is 11.9 Å². The van der Waals surface area contributed by atoms with E-state index in [2.05, 4.69) is 16.7 Å². The molecule has 1 amide bonds. The van der Waals surface area contributed by atoms with Gasteiger partial charge in [-0.15, -0.1) is 0 Å². The number of carboxylic acids is 1. The molecule has 3 aliphatic rings. The Balaban J connectivity index is 1.58. The highest BCUT2D eigenvalue weighted by Gasteiger charge is 2.48. The maximum absolute atomic E-state index is 13.7. The molecule has 0 radical (unpaired) electrons. The van der Waals surface area contributed by atoms with Crippen molar-refractivity contribution in [2.75, 3.05) is 73.9 Å². The Labute approximate surface area is 237 Å². The molecule has 224 valence electrons. The van der Waals surface area contributed by atoms with E-state index in [0.29, 0.717) is 62.9 Å². The average molecular weight is 564 g/mol. The molecule has 11 heteroatoms. The summed E-state index contributed by atoms with van der Waals surface area (Å²) < 4.78 is 28.0. The van der Waals surface area contributed by atoms with Crippen LogP contribution in [-0.2, 0) is 19.1 Å². The number of methoxy groups -OCH3 is 1. The number of amides is 1. The van der Waals surface area contributed by atoms with Crippen molar-refractivity contribution in [2.24, 2.45) is 5.92 Å². The molecule has 4 rings (SSSR count). The second-order valence-corrected chi connectivity index (χ2v) is 11.1. The molecule has 1 aromatic carbocycles. The zero-order chi connectivity index (χ0) is 28.6. The maximum Gasteiger partial charge on any atom is 0.308 e. The molecule has 3 heterocycles. The predicted molar refractivity (Wildman–Crippen MR) is 148 cm³/mol. The number of likely N-dealkylation sites (tertiary alicyclic amines) is 1. The molecule has 11 nitrogen and oxygen atoms in total. The Morgan fingerprint density at radius 3 is 2.50 bits per heavy atom. The lowest BCUT2D eigenvalue weighted by atomic mass is 9.83. The standard InChI is InChI=1S/C29H45N3O8/c1-5-6-11-31(12-7-10-30(2)3)25(33)18-32-17-21(20-15-23(36-4)28-24(16-20)39-19-40-28)27(29(34)35)22(32)8-9-26-37-13-14-38-26/h15-16,21-22,26-27H,5-14,17-19H2,1-4H3,(H,34,35)/t21-,22+,27?/m1/s1. The van der Waals surface area contributed by atoms with Gasteiger partial charge >= 0.3 is 5.97 Å². The number of ether oxygens (including phenoxy) is 5. The van der Waals surface area contributed by atoms with E-state index in [1.54, 1.807) is 7.11 Å². The Bertz CT molecular complexity index is 1000. The number of carboxylic acid groups (broad SMARTS) is 1. The second-order valence-electron chi connectivity index (χ2n) is 11.1. The molecule has 2 fully saturated rings. The summed E-state index contributed by atoms with van der Waals surface area (Å²) in [6.07, 6.45) is 3.59. The van der Waals surface area contributed by atoms with Crippen LogP contribution in [0.5, 0.6) is 17.2 Å². The molecule has 40 heavy (non-hydrogen) atoms. The first-order valence-corrected chi connectivity index (χ1v) is 14.4. The number of carbonyl (C=O) groups excluding carboxylic acids is 1. The molecule has 0 bridgehead atoms. The van der Waals surface area contributed by atoms with E-state index in [1.807, 2.05) is 31.1 Å². The summed E-state index contributed by atoms with van der Waals surface area (Å²) in [4.78, 5) is 32.6. The van der Waals surface area contributed by atoms with Crippen molar-refractivity contribution < 1.29 is 38.4 Å². The van der Waals surface area contributed by atoms with Gasteiger partial charge in [0, 0.05) is 31.6 Å². The van der Waals surface area contributed by atoms with Gasteiger partial charge in [-0.2, -0.15) is 0 Å². The molecule has 0 spiro atoms. The lowest BCUT2D eigenvalue weighted by Gasteiger charge is -2.30. The smallest absolute Gasteiger partial charge is 0.308 e. The van der Waals surface area contributed by atoms with Crippen LogP contribution >= 0.6 is 0 Å². The summed E-state index contributed by atoms with van der Waals surface area (Å²) in [7, 11) is 5.62. The molecular formula is C29H45N3O8. The van der Waals surface area contributed by atoms with Crippen LogP contribution in [0.25, 0.3) is 0 Å². The summed E-state index contributed by atoms with van der Waals surface area (Å²) in [5.41, 5.74) is 0.802. The van der Waals surface area contributed by atoms with E-state index < -0.39 is 11.9 Å². The number of fused-ring (bicyclic) bond motifs is 1. The first-order valence-electron chi connectivity index (χ1n) is 14.4. The van der Waals surface area contributed by atoms with Crippen molar-refractivity contribution in [3.63, 3.8) is 0 Å². The van der Waals surface area contributed by atoms with Crippen molar-refractivity contribution in [3.8, 4) is 17.2 Å². The van der Waals surface area contributed by atoms with E-state index in [-0.39, 0.29) is 37.5 Å². The fourth-order valence-electron chi connectivity index (χ4n) is 6.00. The first kappa shape index (κ1) is 30.4. The van der Waals surface area contributed by atoms with E-state index in [1.165, 1.54) is 0 Å². The second kappa shape index (κ2) is 14.3. The van der Waals surface area contributed by atoms with Gasteiger partial charge in [0.25, 0.3) is 0 Å². The van der Waals surface area contributed by atoms with Crippen molar-refractivity contribution in [2.45, 2.75) is 57.3 Å². The zero-order valence-corrected chi connectivity index (χ0v) is 24.3. The topological polar surface area (TPSA) is 110 Å². The molecule has 0 saturated carbocycles. The number of unbranched alkanes of at least 4 members (excludes halogenated alkanes) is 1. The van der Waals surface area contributed by atoms with Crippen LogP contribution in [-0.4, -0.2) is 118 Å². The monoisotopic (exact) mass is 563 g/mol. The van der Waals surface area contributed by atoms with Crippen LogP contribution in [0, 0.1) is 5.92 Å². The third kappa shape index (κ3) is 7.37. The third-order valence-corrected chi connectivity index (χ3v) is 8.04. The van der Waals surface area contributed by atoms with Crippen LogP contribution in [0.2, 0.25) is 0 Å². The van der Waals surface area contributed by atoms with E-state index in [0.717, 1.165) is 31.4 Å². The van der Waals surface area contributed by atoms with Crippen LogP contribution in [0.3, 0.4) is 0 Å². The minimum absolute atomic E-state index is 0.0404. The van der Waals surface area contributed by atoms with Crippen molar-refractivity contribution in [1.82, 2.24) is 14.7 Å². The van der Waals surface area contributed by atoms with Gasteiger partial charge in [-0.3, -0.25) is 14.5 Å². The molecule has 1 aromatic rings. The van der Waals surface area contributed by atoms with Gasteiger partial charge in [-0.1, -0.05) is 13.3 Å². The summed E-state index contributed by atoms with van der Waals surface area (Å²) in [6.45, 7) is 6.19. The summed E-state index contributed by atoms with van der Waals surface area (Å²) in [5.74, 6) is -0.343. The average Bonchev–Trinajstić information content (AvgIpc) is 3.68. The van der Waals surface area contributed by atoms with Gasteiger partial charge in [0.05, 0.1) is 32.8 Å². The fraction of sp³-hybridized carbons (Fsp3) is 0.724. The van der Waals surface area contributed by atoms with Gasteiger partial charge in [-0.25, -0.2) is 0 Å². The third-order valence-electron chi connectivity index (χ3n) is 8.04. The fourth-order valence-corrected chi connectivity index (χ4v) is 6.00.